The van der Waals surface area contributed by atoms with Crippen molar-refractivity contribution in [1.29, 1.82) is 0 Å². The summed E-state index contributed by atoms with van der Waals surface area (Å²) in [6, 6.07) is 16.1. The second-order valence-corrected chi connectivity index (χ2v) is 11.1. The number of nitrogens with one attached hydrogen (secondary N) is 1. The molecule has 6 nitrogen and oxygen atoms in total. The van der Waals surface area contributed by atoms with Crippen LogP contribution in [0.4, 0.5) is 0 Å². The van der Waals surface area contributed by atoms with Crippen molar-refractivity contribution in [2.24, 2.45) is 0 Å². The SMILES string of the molecule is O=C(NCC(c1ccc(Cl)cc1)N1CCCCCC1)c1ccc(S(=O)(=O)c2ccc(Cl)cc2)o1. The van der Waals surface area contributed by atoms with Crippen molar-refractivity contribution < 1.29 is 17.6 Å². The van der Waals surface area contributed by atoms with Gasteiger partial charge in [0.25, 0.3) is 5.91 Å². The predicted octanol–water partition coefficient (Wildman–Crippen LogP) is 5.77. The number of carbonyl (C=O) groups excluding carboxylic acids is 1. The summed E-state index contributed by atoms with van der Waals surface area (Å²) >= 11 is 11.9. The Morgan fingerprint density at radius 1 is 0.882 bits per heavy atom. The van der Waals surface area contributed by atoms with E-state index in [4.69, 9.17) is 27.6 Å². The zero-order valence-corrected chi connectivity index (χ0v) is 20.9. The van der Waals surface area contributed by atoms with Gasteiger partial charge in [0.05, 0.1) is 10.9 Å². The van der Waals surface area contributed by atoms with Crippen LogP contribution in [0.15, 0.2) is 75.1 Å². The lowest BCUT2D eigenvalue weighted by Gasteiger charge is -2.31. The van der Waals surface area contributed by atoms with Gasteiger partial charge >= 0.3 is 0 Å². The Labute approximate surface area is 209 Å². The Morgan fingerprint density at radius 3 is 2.09 bits per heavy atom. The molecule has 0 bridgehead atoms. The molecule has 1 aliphatic rings. The molecule has 0 saturated carbocycles. The first kappa shape index (κ1) is 24.8. The fraction of sp³-hybridized carbons (Fsp3) is 0.320. The molecule has 180 valence electrons. The average molecular weight is 521 g/mol. The van der Waals surface area contributed by atoms with Gasteiger partial charge in [-0.15, -0.1) is 0 Å². The van der Waals surface area contributed by atoms with Gasteiger partial charge in [-0.25, -0.2) is 8.42 Å². The van der Waals surface area contributed by atoms with Crippen molar-refractivity contribution >= 4 is 38.9 Å². The van der Waals surface area contributed by atoms with Crippen LogP contribution in [0, 0.1) is 0 Å². The maximum absolute atomic E-state index is 12.8. The monoisotopic (exact) mass is 520 g/mol. The number of hydrogen-bond donors (Lipinski definition) is 1. The molecule has 3 aromatic rings. The summed E-state index contributed by atoms with van der Waals surface area (Å²) in [5, 5.41) is 3.72. The quantitative estimate of drug-likeness (QED) is 0.427. The van der Waals surface area contributed by atoms with Gasteiger partial charge in [-0.3, -0.25) is 9.69 Å². The Bertz CT molecular complexity index is 1220. The van der Waals surface area contributed by atoms with E-state index in [9.17, 15) is 13.2 Å². The van der Waals surface area contributed by atoms with E-state index in [0.717, 1.165) is 31.5 Å². The third-order valence-corrected chi connectivity index (χ3v) is 8.13. The molecule has 4 rings (SSSR count). The highest BCUT2D eigenvalue weighted by atomic mass is 35.5. The second kappa shape index (κ2) is 11.0. The standard InChI is InChI=1S/C25H26Cl2N2O4S/c26-19-7-5-18(6-8-19)22(29-15-3-1-2-4-16-29)17-28-25(30)23-13-14-24(33-23)34(31,32)21-11-9-20(27)10-12-21/h5-14,22H,1-4,15-17H2,(H,28,30). The zero-order valence-electron chi connectivity index (χ0n) is 18.5. The lowest BCUT2D eigenvalue weighted by molar-refractivity contribution is 0.0900. The average Bonchev–Trinajstić information content (AvgIpc) is 3.19. The van der Waals surface area contributed by atoms with Crippen molar-refractivity contribution in [2.45, 2.75) is 41.7 Å². The van der Waals surface area contributed by atoms with Gasteiger partial charge in [-0.05, 0) is 80.0 Å². The van der Waals surface area contributed by atoms with Crippen LogP contribution in [0.5, 0.6) is 0 Å². The minimum absolute atomic E-state index is 0.0217. The summed E-state index contributed by atoms with van der Waals surface area (Å²) in [7, 11) is -3.89. The number of amides is 1. The number of benzene rings is 2. The fourth-order valence-electron chi connectivity index (χ4n) is 4.14. The van der Waals surface area contributed by atoms with Gasteiger partial charge in [0.2, 0.25) is 14.9 Å². The third kappa shape index (κ3) is 5.84. The van der Waals surface area contributed by atoms with Crippen LogP contribution >= 0.6 is 23.2 Å². The summed E-state index contributed by atoms with van der Waals surface area (Å²) in [4.78, 5) is 15.3. The summed E-state index contributed by atoms with van der Waals surface area (Å²) in [6.07, 6.45) is 4.63. The number of likely N-dealkylation sites (tertiary alicyclic amines) is 1. The molecule has 1 fully saturated rings. The maximum atomic E-state index is 12.8. The van der Waals surface area contributed by atoms with Crippen LogP contribution in [-0.2, 0) is 9.84 Å². The highest BCUT2D eigenvalue weighted by Crippen LogP contribution is 2.27. The first-order chi connectivity index (χ1) is 16.3. The molecule has 1 N–H and O–H groups in total. The highest BCUT2D eigenvalue weighted by molar-refractivity contribution is 7.91. The highest BCUT2D eigenvalue weighted by Gasteiger charge is 2.26. The Morgan fingerprint density at radius 2 is 1.47 bits per heavy atom. The molecule has 1 amide bonds. The molecule has 1 unspecified atom stereocenters. The molecule has 0 radical (unpaired) electrons. The van der Waals surface area contributed by atoms with Crippen molar-refractivity contribution in [3.05, 3.63) is 82.0 Å². The van der Waals surface area contributed by atoms with Gasteiger partial charge in [-0.1, -0.05) is 48.2 Å². The van der Waals surface area contributed by atoms with Crippen LogP contribution < -0.4 is 5.32 Å². The molecule has 9 heteroatoms. The molecule has 1 atom stereocenters. The van der Waals surface area contributed by atoms with Crippen molar-refractivity contribution in [2.75, 3.05) is 19.6 Å². The number of hydrogen-bond acceptors (Lipinski definition) is 5. The van der Waals surface area contributed by atoms with Gasteiger partial charge in [0.15, 0.2) is 5.76 Å². The molecular weight excluding hydrogens is 495 g/mol. The number of nitrogens with zero attached hydrogens (tertiary/aromatic N) is 1. The van der Waals surface area contributed by atoms with E-state index < -0.39 is 15.7 Å². The minimum Gasteiger partial charge on any atom is -0.439 e. The summed E-state index contributed by atoms with van der Waals surface area (Å²) in [6.45, 7) is 2.27. The molecule has 1 aromatic heterocycles. The van der Waals surface area contributed by atoms with Crippen molar-refractivity contribution in [3.63, 3.8) is 0 Å². The van der Waals surface area contributed by atoms with E-state index in [-0.39, 0.29) is 21.8 Å². The lowest BCUT2D eigenvalue weighted by atomic mass is 10.0. The Hall–Kier alpha value is -2.32. The van der Waals surface area contributed by atoms with E-state index in [2.05, 4.69) is 10.2 Å². The number of carbonyl (C=O) groups is 1. The smallest absolute Gasteiger partial charge is 0.287 e. The van der Waals surface area contributed by atoms with Crippen molar-refractivity contribution in [3.8, 4) is 0 Å². The maximum Gasteiger partial charge on any atom is 0.287 e. The van der Waals surface area contributed by atoms with Gasteiger partial charge in [0, 0.05) is 16.6 Å². The molecule has 1 saturated heterocycles. The molecule has 0 spiro atoms. The van der Waals surface area contributed by atoms with Gasteiger partial charge in [-0.2, -0.15) is 0 Å². The van der Waals surface area contributed by atoms with Crippen LogP contribution in [0.2, 0.25) is 10.0 Å². The summed E-state index contributed by atoms with van der Waals surface area (Å²) < 4.78 is 31.1. The fourth-order valence-corrected chi connectivity index (χ4v) is 5.57. The largest absolute Gasteiger partial charge is 0.439 e. The number of sulfone groups is 1. The Kier molecular flexibility index (Phi) is 7.99. The lowest BCUT2D eigenvalue weighted by Crippen LogP contribution is -2.38. The van der Waals surface area contributed by atoms with Gasteiger partial charge < -0.3 is 9.73 Å². The molecule has 1 aliphatic heterocycles. The van der Waals surface area contributed by atoms with E-state index >= 15 is 0 Å². The van der Waals surface area contributed by atoms with Crippen LogP contribution in [0.3, 0.4) is 0 Å². The molecule has 34 heavy (non-hydrogen) atoms. The topological polar surface area (TPSA) is 79.6 Å². The van der Waals surface area contributed by atoms with E-state index in [1.54, 1.807) is 0 Å². The molecule has 2 aromatic carbocycles. The third-order valence-electron chi connectivity index (χ3n) is 5.99. The van der Waals surface area contributed by atoms with Crippen molar-refractivity contribution in [1.82, 2.24) is 10.2 Å². The Balaban J connectivity index is 1.49. The second-order valence-electron chi connectivity index (χ2n) is 8.30. The number of halogens is 2. The zero-order chi connectivity index (χ0) is 24.1. The molecule has 0 aliphatic carbocycles. The van der Waals surface area contributed by atoms with Crippen LogP contribution in [0.1, 0.15) is 47.8 Å². The van der Waals surface area contributed by atoms with E-state index in [1.807, 2.05) is 24.3 Å². The summed E-state index contributed by atoms with van der Waals surface area (Å²) in [5.74, 6) is -0.524. The minimum atomic E-state index is -3.89. The molecule has 2 heterocycles. The summed E-state index contributed by atoms with van der Waals surface area (Å²) in [5.41, 5.74) is 1.07. The van der Waals surface area contributed by atoms with Crippen LogP contribution in [0.25, 0.3) is 0 Å². The molecular formula is C25H26Cl2N2O4S. The van der Waals surface area contributed by atoms with Gasteiger partial charge in [0.1, 0.15) is 0 Å². The first-order valence-corrected chi connectivity index (χ1v) is 13.5. The predicted molar refractivity (Wildman–Crippen MR) is 132 cm³/mol. The van der Waals surface area contributed by atoms with E-state index in [0.29, 0.717) is 16.6 Å². The van der Waals surface area contributed by atoms with Crippen LogP contribution in [-0.4, -0.2) is 38.9 Å². The first-order valence-electron chi connectivity index (χ1n) is 11.2. The normalized spacial score (nSPS) is 16.1. The number of rotatable bonds is 7. The van der Waals surface area contributed by atoms with E-state index in [1.165, 1.54) is 49.2 Å². The number of furan rings is 1.